The van der Waals surface area contributed by atoms with E-state index in [1.807, 2.05) is 0 Å². The van der Waals surface area contributed by atoms with Gasteiger partial charge in [-0.25, -0.2) is 0 Å². The molecular formula is C13H18BrNO. The third-order valence-electron chi connectivity index (χ3n) is 2.85. The van der Waals surface area contributed by atoms with Gasteiger partial charge in [0, 0.05) is 11.0 Å². The fraction of sp³-hybridized carbons (Fsp3) is 0.538. The lowest BCUT2D eigenvalue weighted by molar-refractivity contribution is 0.221. The summed E-state index contributed by atoms with van der Waals surface area (Å²) in [4.78, 5) is 0. The van der Waals surface area contributed by atoms with E-state index in [0.717, 1.165) is 42.6 Å². The van der Waals surface area contributed by atoms with Gasteiger partial charge in [0.15, 0.2) is 0 Å². The average molecular weight is 284 g/mol. The van der Waals surface area contributed by atoms with E-state index in [1.165, 1.54) is 5.56 Å². The number of rotatable bonds is 4. The number of halogens is 1. The first-order valence-electron chi connectivity index (χ1n) is 5.95. The predicted octanol–water partition coefficient (Wildman–Crippen LogP) is 3.14. The van der Waals surface area contributed by atoms with Crippen LogP contribution < -0.4 is 10.1 Å². The van der Waals surface area contributed by atoms with Gasteiger partial charge in [-0.3, -0.25) is 0 Å². The van der Waals surface area contributed by atoms with Gasteiger partial charge in [0.05, 0.1) is 0 Å². The molecule has 0 saturated carbocycles. The minimum atomic E-state index is 0.344. The van der Waals surface area contributed by atoms with E-state index < -0.39 is 0 Å². The van der Waals surface area contributed by atoms with Crippen molar-refractivity contribution in [1.82, 2.24) is 5.32 Å². The lowest BCUT2D eigenvalue weighted by Crippen LogP contribution is -2.20. The molecule has 88 valence electrons. The molecule has 2 rings (SSSR count). The monoisotopic (exact) mass is 283 g/mol. The molecule has 0 amide bonds. The van der Waals surface area contributed by atoms with E-state index in [0.29, 0.717) is 6.10 Å². The summed E-state index contributed by atoms with van der Waals surface area (Å²) in [6.07, 6.45) is 3.68. The van der Waals surface area contributed by atoms with Gasteiger partial charge in [-0.05, 0) is 43.1 Å². The molecule has 1 heterocycles. The lowest BCUT2D eigenvalue weighted by atomic mass is 10.1. The van der Waals surface area contributed by atoms with Crippen molar-refractivity contribution >= 4 is 15.9 Å². The van der Waals surface area contributed by atoms with Gasteiger partial charge in [-0.1, -0.05) is 29.3 Å². The van der Waals surface area contributed by atoms with Gasteiger partial charge in [-0.2, -0.15) is 0 Å². The first kappa shape index (κ1) is 11.9. The Morgan fingerprint density at radius 1 is 1.50 bits per heavy atom. The van der Waals surface area contributed by atoms with Crippen LogP contribution in [-0.4, -0.2) is 19.2 Å². The molecule has 0 radical (unpaired) electrons. The Morgan fingerprint density at radius 2 is 2.38 bits per heavy atom. The third kappa shape index (κ3) is 2.98. The summed E-state index contributed by atoms with van der Waals surface area (Å²) in [5.41, 5.74) is 1.31. The molecule has 1 aliphatic heterocycles. The number of hydrogen-bond acceptors (Lipinski definition) is 2. The largest absolute Gasteiger partial charge is 0.489 e. The van der Waals surface area contributed by atoms with Crippen molar-refractivity contribution in [1.29, 1.82) is 0 Å². The molecule has 1 aromatic carbocycles. The minimum Gasteiger partial charge on any atom is -0.489 e. The Bertz CT molecular complexity index is 348. The second-order valence-corrected chi connectivity index (χ2v) is 5.15. The highest BCUT2D eigenvalue weighted by Crippen LogP contribution is 2.26. The molecule has 0 spiro atoms. The van der Waals surface area contributed by atoms with Crippen LogP contribution in [0.4, 0.5) is 0 Å². The summed E-state index contributed by atoms with van der Waals surface area (Å²) >= 11 is 3.51. The summed E-state index contributed by atoms with van der Waals surface area (Å²) in [5, 5.41) is 3.32. The molecule has 0 aliphatic carbocycles. The molecule has 1 fully saturated rings. The number of benzene rings is 1. The molecule has 1 saturated heterocycles. The second-order valence-electron chi connectivity index (χ2n) is 4.23. The molecule has 0 bridgehead atoms. The van der Waals surface area contributed by atoms with Crippen LogP contribution in [0.5, 0.6) is 5.75 Å². The van der Waals surface area contributed by atoms with E-state index in [-0.39, 0.29) is 0 Å². The van der Waals surface area contributed by atoms with Crippen LogP contribution in [0.1, 0.15) is 25.3 Å². The SMILES string of the molecule is CCCc1cc(Br)ccc1OC1CCNC1. The highest BCUT2D eigenvalue weighted by atomic mass is 79.9. The van der Waals surface area contributed by atoms with Crippen molar-refractivity contribution in [3.05, 3.63) is 28.2 Å². The van der Waals surface area contributed by atoms with Gasteiger partial charge in [0.1, 0.15) is 11.9 Å². The zero-order valence-electron chi connectivity index (χ0n) is 9.63. The standard InChI is InChI=1S/C13H18BrNO/c1-2-3-10-8-11(14)4-5-13(10)16-12-6-7-15-9-12/h4-5,8,12,15H,2-3,6-7,9H2,1H3. The molecule has 3 heteroatoms. The molecule has 0 aromatic heterocycles. The third-order valence-corrected chi connectivity index (χ3v) is 3.34. The fourth-order valence-corrected chi connectivity index (χ4v) is 2.44. The summed E-state index contributed by atoms with van der Waals surface area (Å²) in [7, 11) is 0. The van der Waals surface area contributed by atoms with Crippen LogP contribution in [0.3, 0.4) is 0 Å². The van der Waals surface area contributed by atoms with Crippen LogP contribution in [0, 0.1) is 0 Å². The van der Waals surface area contributed by atoms with Gasteiger partial charge < -0.3 is 10.1 Å². The zero-order chi connectivity index (χ0) is 11.4. The van der Waals surface area contributed by atoms with Crippen molar-refractivity contribution in [2.24, 2.45) is 0 Å². The summed E-state index contributed by atoms with van der Waals surface area (Å²) in [6.45, 7) is 4.24. The number of ether oxygens (including phenoxy) is 1. The van der Waals surface area contributed by atoms with Crippen molar-refractivity contribution < 1.29 is 4.74 Å². The highest BCUT2D eigenvalue weighted by molar-refractivity contribution is 9.10. The Balaban J connectivity index is 2.11. The van der Waals surface area contributed by atoms with Crippen molar-refractivity contribution in [2.45, 2.75) is 32.3 Å². The molecule has 16 heavy (non-hydrogen) atoms. The van der Waals surface area contributed by atoms with E-state index in [1.54, 1.807) is 0 Å². The quantitative estimate of drug-likeness (QED) is 0.917. The molecule has 1 N–H and O–H groups in total. The van der Waals surface area contributed by atoms with Crippen LogP contribution in [-0.2, 0) is 6.42 Å². The zero-order valence-corrected chi connectivity index (χ0v) is 11.2. The Morgan fingerprint density at radius 3 is 3.06 bits per heavy atom. The summed E-state index contributed by atoms with van der Waals surface area (Å²) in [6, 6.07) is 6.30. The number of nitrogens with one attached hydrogen (secondary N) is 1. The van der Waals surface area contributed by atoms with Crippen LogP contribution in [0.15, 0.2) is 22.7 Å². The molecule has 2 nitrogen and oxygen atoms in total. The molecule has 1 atom stereocenters. The van der Waals surface area contributed by atoms with Gasteiger partial charge in [0.2, 0.25) is 0 Å². The second kappa shape index (κ2) is 5.69. The van der Waals surface area contributed by atoms with Gasteiger partial charge in [0.25, 0.3) is 0 Å². The van der Waals surface area contributed by atoms with Crippen LogP contribution in [0.25, 0.3) is 0 Å². The maximum absolute atomic E-state index is 6.03. The van der Waals surface area contributed by atoms with Gasteiger partial charge in [-0.15, -0.1) is 0 Å². The van der Waals surface area contributed by atoms with E-state index in [2.05, 4.69) is 46.4 Å². The normalized spacial score (nSPS) is 20.0. The van der Waals surface area contributed by atoms with E-state index in [9.17, 15) is 0 Å². The fourth-order valence-electron chi connectivity index (χ4n) is 2.04. The first-order valence-corrected chi connectivity index (χ1v) is 6.74. The Hall–Kier alpha value is -0.540. The Kier molecular flexibility index (Phi) is 4.24. The summed E-state index contributed by atoms with van der Waals surface area (Å²) in [5.74, 6) is 1.05. The van der Waals surface area contributed by atoms with E-state index in [4.69, 9.17) is 4.74 Å². The maximum atomic E-state index is 6.03. The van der Waals surface area contributed by atoms with Crippen molar-refractivity contribution in [3.63, 3.8) is 0 Å². The molecular weight excluding hydrogens is 266 g/mol. The number of aryl methyl sites for hydroxylation is 1. The minimum absolute atomic E-state index is 0.344. The first-order chi connectivity index (χ1) is 7.79. The van der Waals surface area contributed by atoms with Crippen molar-refractivity contribution in [2.75, 3.05) is 13.1 Å². The molecule has 1 unspecified atom stereocenters. The van der Waals surface area contributed by atoms with Gasteiger partial charge >= 0.3 is 0 Å². The number of hydrogen-bond donors (Lipinski definition) is 1. The highest BCUT2D eigenvalue weighted by Gasteiger charge is 2.17. The lowest BCUT2D eigenvalue weighted by Gasteiger charge is -2.16. The van der Waals surface area contributed by atoms with Crippen molar-refractivity contribution in [3.8, 4) is 5.75 Å². The average Bonchev–Trinajstić information content (AvgIpc) is 2.75. The predicted molar refractivity (Wildman–Crippen MR) is 70.0 cm³/mol. The molecule has 1 aromatic rings. The molecule has 1 aliphatic rings. The Labute approximate surface area is 106 Å². The summed E-state index contributed by atoms with van der Waals surface area (Å²) < 4.78 is 7.16. The van der Waals surface area contributed by atoms with Crippen LogP contribution in [0.2, 0.25) is 0 Å². The smallest absolute Gasteiger partial charge is 0.123 e. The topological polar surface area (TPSA) is 21.3 Å². The van der Waals surface area contributed by atoms with E-state index >= 15 is 0 Å². The van der Waals surface area contributed by atoms with Crippen LogP contribution >= 0.6 is 15.9 Å². The maximum Gasteiger partial charge on any atom is 0.123 e.